The van der Waals surface area contributed by atoms with Crippen molar-refractivity contribution in [3.63, 3.8) is 0 Å². The highest BCUT2D eigenvalue weighted by molar-refractivity contribution is 7.86. The molecule has 2 aliphatic heterocycles. The number of rotatable bonds is 5. The lowest BCUT2D eigenvalue weighted by Gasteiger charge is -2.36. The maximum atomic E-state index is 11.4. The number of carbonyl (C=O) groups is 1. The zero-order valence-electron chi connectivity index (χ0n) is 13.0. The van der Waals surface area contributed by atoms with E-state index >= 15 is 0 Å². The van der Waals surface area contributed by atoms with Crippen molar-refractivity contribution in [1.82, 2.24) is 0 Å². The highest BCUT2D eigenvalue weighted by Crippen LogP contribution is 2.45. The Morgan fingerprint density at radius 2 is 2.10 bits per heavy atom. The Morgan fingerprint density at radius 1 is 1.43 bits per heavy atom. The van der Waals surface area contributed by atoms with Crippen LogP contribution in [0.1, 0.15) is 52.9 Å². The van der Waals surface area contributed by atoms with Crippen molar-refractivity contribution >= 4 is 16.1 Å². The molecule has 0 radical (unpaired) electrons. The second-order valence-corrected chi connectivity index (χ2v) is 7.89. The summed E-state index contributed by atoms with van der Waals surface area (Å²) in [5.74, 6) is -0.199. The van der Waals surface area contributed by atoms with Gasteiger partial charge in [0.25, 0.3) is 10.1 Å². The van der Waals surface area contributed by atoms with E-state index in [1.807, 2.05) is 13.8 Å². The van der Waals surface area contributed by atoms with E-state index in [1.165, 1.54) is 0 Å². The second kappa shape index (κ2) is 5.52. The van der Waals surface area contributed by atoms with Crippen LogP contribution < -0.4 is 0 Å². The van der Waals surface area contributed by atoms with Crippen molar-refractivity contribution < 1.29 is 26.9 Å². The molecule has 0 aliphatic carbocycles. The van der Waals surface area contributed by atoms with Crippen molar-refractivity contribution in [2.75, 3.05) is 6.26 Å². The molecule has 0 aromatic carbocycles. The smallest absolute Gasteiger partial charge is 0.306 e. The number of cyclic esters (lactones) is 1. The quantitative estimate of drug-likeness (QED) is 0.567. The van der Waals surface area contributed by atoms with E-state index in [1.54, 1.807) is 6.92 Å². The number of ether oxygens (including phenoxy) is 2. The highest BCUT2D eigenvalue weighted by atomic mass is 32.2. The summed E-state index contributed by atoms with van der Waals surface area (Å²) >= 11 is 0. The van der Waals surface area contributed by atoms with Gasteiger partial charge in [0.15, 0.2) is 0 Å². The van der Waals surface area contributed by atoms with Crippen LogP contribution in [-0.4, -0.2) is 44.1 Å². The molecule has 0 bridgehead atoms. The number of carbonyl (C=O) groups excluding carboxylic acids is 1. The average Bonchev–Trinajstić information content (AvgIpc) is 2.93. The van der Waals surface area contributed by atoms with Crippen LogP contribution >= 0.6 is 0 Å². The van der Waals surface area contributed by atoms with Gasteiger partial charge >= 0.3 is 5.97 Å². The lowest BCUT2D eigenvalue weighted by atomic mass is 9.89. The molecule has 2 aliphatic rings. The van der Waals surface area contributed by atoms with Crippen LogP contribution in [0.5, 0.6) is 0 Å². The lowest BCUT2D eigenvalue weighted by molar-refractivity contribution is -0.175. The minimum Gasteiger partial charge on any atom is -0.457 e. The molecule has 0 unspecified atom stereocenters. The standard InChI is InChI=1S/C14H24O6S/c1-5-14(10(2)20-21(4,16)17)9-6-11(18-14)13(3)8-7-12(15)19-13/h10-11H,5-9H2,1-4H3/t10-,11-,13+,14+/m1/s1. The first-order valence-electron chi connectivity index (χ1n) is 7.38. The summed E-state index contributed by atoms with van der Waals surface area (Å²) in [5, 5.41) is 0. The number of hydrogen-bond donors (Lipinski definition) is 0. The van der Waals surface area contributed by atoms with Crippen LogP contribution in [0.15, 0.2) is 0 Å². The zero-order chi connectivity index (χ0) is 15.9. The molecule has 2 rings (SSSR count). The van der Waals surface area contributed by atoms with Crippen LogP contribution in [0.25, 0.3) is 0 Å². The maximum absolute atomic E-state index is 11.4. The third kappa shape index (κ3) is 3.40. The molecule has 122 valence electrons. The summed E-state index contributed by atoms with van der Waals surface area (Å²) in [4.78, 5) is 11.4. The summed E-state index contributed by atoms with van der Waals surface area (Å²) in [6.07, 6.45) is 3.37. The molecule has 0 N–H and O–H groups in total. The van der Waals surface area contributed by atoms with Gasteiger partial charge in [0.1, 0.15) is 11.7 Å². The lowest BCUT2D eigenvalue weighted by Crippen LogP contribution is -2.46. The Bertz CT molecular complexity index is 516. The van der Waals surface area contributed by atoms with E-state index in [0.29, 0.717) is 25.7 Å². The number of esters is 1. The van der Waals surface area contributed by atoms with Crippen molar-refractivity contribution in [3.05, 3.63) is 0 Å². The van der Waals surface area contributed by atoms with Gasteiger partial charge in [-0.15, -0.1) is 0 Å². The first-order chi connectivity index (χ1) is 9.60. The van der Waals surface area contributed by atoms with Gasteiger partial charge in [-0.3, -0.25) is 8.98 Å². The van der Waals surface area contributed by atoms with Crippen LogP contribution in [-0.2, 0) is 28.6 Å². The largest absolute Gasteiger partial charge is 0.457 e. The molecule has 6 nitrogen and oxygen atoms in total. The predicted octanol–water partition coefficient (Wildman–Crippen LogP) is 1.77. The normalized spacial score (nSPS) is 38.5. The van der Waals surface area contributed by atoms with E-state index < -0.39 is 27.4 Å². The summed E-state index contributed by atoms with van der Waals surface area (Å²) in [6.45, 7) is 5.56. The fourth-order valence-electron chi connectivity index (χ4n) is 3.34. The molecular weight excluding hydrogens is 296 g/mol. The van der Waals surface area contributed by atoms with Gasteiger partial charge in [-0.05, 0) is 39.5 Å². The van der Waals surface area contributed by atoms with E-state index in [4.69, 9.17) is 13.7 Å². The third-order valence-corrected chi connectivity index (χ3v) is 5.36. The van der Waals surface area contributed by atoms with Gasteiger partial charge in [-0.2, -0.15) is 8.42 Å². The van der Waals surface area contributed by atoms with Gasteiger partial charge < -0.3 is 9.47 Å². The molecule has 4 atom stereocenters. The minimum atomic E-state index is -3.53. The Kier molecular flexibility index (Phi) is 4.39. The Hall–Kier alpha value is -0.660. The first-order valence-corrected chi connectivity index (χ1v) is 9.20. The molecule has 2 saturated heterocycles. The third-order valence-electron chi connectivity index (χ3n) is 4.72. The van der Waals surface area contributed by atoms with Gasteiger partial charge in [-0.1, -0.05) is 6.92 Å². The summed E-state index contributed by atoms with van der Waals surface area (Å²) < 4.78 is 39.4. The van der Waals surface area contributed by atoms with Crippen molar-refractivity contribution in [1.29, 1.82) is 0 Å². The van der Waals surface area contributed by atoms with Crippen LogP contribution in [0.2, 0.25) is 0 Å². The highest BCUT2D eigenvalue weighted by Gasteiger charge is 2.53. The van der Waals surface area contributed by atoms with Crippen molar-refractivity contribution in [3.8, 4) is 0 Å². The summed E-state index contributed by atoms with van der Waals surface area (Å²) in [6, 6.07) is 0. The topological polar surface area (TPSA) is 78.9 Å². The molecule has 21 heavy (non-hydrogen) atoms. The SMILES string of the molecule is CC[C@@]1([C@@H](C)OS(C)(=O)=O)CC[C@H]([C@]2(C)CCC(=O)O2)O1. The van der Waals surface area contributed by atoms with E-state index in [-0.39, 0.29) is 12.1 Å². The minimum absolute atomic E-state index is 0.199. The second-order valence-electron chi connectivity index (χ2n) is 6.29. The molecule has 2 fully saturated rings. The average molecular weight is 320 g/mol. The molecule has 2 heterocycles. The Labute approximate surface area is 126 Å². The number of hydrogen-bond acceptors (Lipinski definition) is 6. The fourth-order valence-corrected chi connectivity index (χ4v) is 4.04. The predicted molar refractivity (Wildman–Crippen MR) is 76.3 cm³/mol. The van der Waals surface area contributed by atoms with Crippen LogP contribution in [0, 0.1) is 0 Å². The Morgan fingerprint density at radius 3 is 2.57 bits per heavy atom. The van der Waals surface area contributed by atoms with Crippen molar-refractivity contribution in [2.24, 2.45) is 0 Å². The summed E-state index contributed by atoms with van der Waals surface area (Å²) in [5.41, 5.74) is -1.26. The maximum Gasteiger partial charge on any atom is 0.306 e. The van der Waals surface area contributed by atoms with E-state index in [0.717, 1.165) is 12.7 Å². The van der Waals surface area contributed by atoms with E-state index in [9.17, 15) is 13.2 Å². The summed E-state index contributed by atoms with van der Waals surface area (Å²) in [7, 11) is -3.53. The molecule has 0 spiro atoms. The van der Waals surface area contributed by atoms with Crippen molar-refractivity contribution in [2.45, 2.75) is 76.3 Å². The van der Waals surface area contributed by atoms with Gasteiger partial charge in [0.2, 0.25) is 0 Å². The molecule has 0 saturated carbocycles. The van der Waals surface area contributed by atoms with Gasteiger partial charge in [0, 0.05) is 6.42 Å². The molecule has 0 aromatic rings. The van der Waals surface area contributed by atoms with E-state index in [2.05, 4.69) is 0 Å². The fraction of sp³-hybridized carbons (Fsp3) is 0.929. The van der Waals surface area contributed by atoms with Crippen LogP contribution in [0.4, 0.5) is 0 Å². The van der Waals surface area contributed by atoms with Gasteiger partial charge in [-0.25, -0.2) is 0 Å². The zero-order valence-corrected chi connectivity index (χ0v) is 13.9. The molecular formula is C14H24O6S. The van der Waals surface area contributed by atoms with Crippen LogP contribution in [0.3, 0.4) is 0 Å². The molecule has 0 amide bonds. The monoisotopic (exact) mass is 320 g/mol. The first kappa shape index (κ1) is 16.7. The molecule has 7 heteroatoms. The Balaban J connectivity index is 2.12. The van der Waals surface area contributed by atoms with Gasteiger partial charge in [0.05, 0.1) is 18.0 Å². The molecule has 0 aromatic heterocycles.